The zero-order chi connectivity index (χ0) is 17.5. The number of aryl methyl sites for hydroxylation is 1. The topological polar surface area (TPSA) is 44.5 Å². The highest BCUT2D eigenvalue weighted by Gasteiger charge is 2.52. The van der Waals surface area contributed by atoms with Crippen molar-refractivity contribution in [1.82, 2.24) is 5.16 Å². The number of hydrogen-bond acceptors (Lipinski definition) is 4. The van der Waals surface area contributed by atoms with Gasteiger partial charge in [-0.1, -0.05) is 32.0 Å². The molecule has 4 nitrogen and oxygen atoms in total. The summed E-state index contributed by atoms with van der Waals surface area (Å²) in [5, 5.41) is 4.03. The first-order valence-electron chi connectivity index (χ1n) is 8.10. The monoisotopic (exact) mass is 323 g/mol. The molecule has 0 radical (unpaired) electrons. The molecule has 0 spiro atoms. The smallest absolute Gasteiger partial charge is 0.398 e. The first-order chi connectivity index (χ1) is 10.4. The molecule has 0 aromatic carbocycles. The van der Waals surface area contributed by atoms with Crippen LogP contribution < -0.4 is 0 Å². The Morgan fingerprint density at radius 3 is 2.26 bits per heavy atom. The number of allylic oxidation sites excluding steroid dienone is 1. The minimum Gasteiger partial charge on any atom is -0.398 e. The van der Waals surface area contributed by atoms with E-state index in [2.05, 4.69) is 25.9 Å². The molecule has 2 heterocycles. The molecule has 0 N–H and O–H groups in total. The predicted molar refractivity (Wildman–Crippen MR) is 88.8 cm³/mol. The van der Waals surface area contributed by atoms with E-state index in [1.807, 2.05) is 33.8 Å². The summed E-state index contributed by atoms with van der Waals surface area (Å²) in [6.07, 6.45) is 2.64. The first-order valence-corrected chi connectivity index (χ1v) is 8.10. The van der Waals surface area contributed by atoms with Gasteiger partial charge in [-0.05, 0) is 40.5 Å². The summed E-state index contributed by atoms with van der Waals surface area (Å²) < 4.78 is 30.9. The Morgan fingerprint density at radius 1 is 1.22 bits per heavy atom. The van der Waals surface area contributed by atoms with Gasteiger partial charge < -0.3 is 13.8 Å². The Morgan fingerprint density at radius 2 is 1.78 bits per heavy atom. The zero-order valence-electron chi connectivity index (χ0n) is 15.2. The van der Waals surface area contributed by atoms with Crippen LogP contribution in [0.5, 0.6) is 0 Å². The number of halogens is 1. The maximum Gasteiger partial charge on any atom is 0.524 e. The van der Waals surface area contributed by atoms with Gasteiger partial charge in [0.1, 0.15) is 11.5 Å². The van der Waals surface area contributed by atoms with Crippen molar-refractivity contribution in [2.24, 2.45) is 0 Å². The number of nitrogens with zero attached hydrogens (tertiary/aromatic N) is 1. The van der Waals surface area contributed by atoms with Crippen molar-refractivity contribution < 1.29 is 18.2 Å². The van der Waals surface area contributed by atoms with Crippen LogP contribution in [0, 0.1) is 0 Å². The van der Waals surface area contributed by atoms with E-state index in [1.54, 1.807) is 0 Å². The van der Waals surface area contributed by atoms with Crippen LogP contribution in [0.4, 0.5) is 4.39 Å². The Balaban J connectivity index is 1.93. The highest BCUT2D eigenvalue weighted by atomic mass is 19.1. The summed E-state index contributed by atoms with van der Waals surface area (Å²) in [5.41, 5.74) is -0.696. The largest absolute Gasteiger partial charge is 0.524 e. The lowest BCUT2D eigenvalue weighted by atomic mass is 9.87. The van der Waals surface area contributed by atoms with Crippen molar-refractivity contribution in [2.45, 2.75) is 77.9 Å². The lowest BCUT2D eigenvalue weighted by molar-refractivity contribution is 0.00578. The van der Waals surface area contributed by atoms with Crippen LogP contribution in [0.3, 0.4) is 0 Å². The molecule has 1 saturated heterocycles. The Bertz CT molecular complexity index is 571. The van der Waals surface area contributed by atoms with Crippen molar-refractivity contribution in [3.05, 3.63) is 29.3 Å². The van der Waals surface area contributed by atoms with Crippen LogP contribution in [0.1, 0.15) is 66.3 Å². The van der Waals surface area contributed by atoms with E-state index in [1.165, 1.54) is 6.08 Å². The molecule has 1 aromatic rings. The molecule has 0 unspecified atom stereocenters. The van der Waals surface area contributed by atoms with Gasteiger partial charge in [0.05, 0.1) is 16.9 Å². The molecule has 0 bridgehead atoms. The van der Waals surface area contributed by atoms with Crippen LogP contribution in [0.15, 0.2) is 22.4 Å². The normalized spacial score (nSPS) is 21.0. The summed E-state index contributed by atoms with van der Waals surface area (Å²) >= 11 is 0. The summed E-state index contributed by atoms with van der Waals surface area (Å²) in [5.74, 6) is 0.836. The Labute approximate surface area is 138 Å². The van der Waals surface area contributed by atoms with Gasteiger partial charge in [0.25, 0.3) is 0 Å². The molecule has 1 aliphatic heterocycles. The summed E-state index contributed by atoms with van der Waals surface area (Å²) in [4.78, 5) is 0. The van der Waals surface area contributed by atoms with Crippen molar-refractivity contribution in [2.75, 3.05) is 0 Å². The van der Waals surface area contributed by atoms with E-state index in [0.717, 1.165) is 11.5 Å². The van der Waals surface area contributed by atoms with Crippen LogP contribution >= 0.6 is 0 Å². The van der Waals surface area contributed by atoms with E-state index in [0.29, 0.717) is 12.8 Å². The second-order valence-corrected chi connectivity index (χ2v) is 8.15. The fraction of sp³-hybridized carbons (Fsp3) is 0.706. The van der Waals surface area contributed by atoms with Gasteiger partial charge in [0.2, 0.25) is 0 Å². The molecular weight excluding hydrogens is 296 g/mol. The van der Waals surface area contributed by atoms with Gasteiger partial charge in [-0.25, -0.2) is 4.39 Å². The molecule has 23 heavy (non-hydrogen) atoms. The van der Waals surface area contributed by atoms with E-state index in [9.17, 15) is 4.39 Å². The molecule has 1 aliphatic rings. The number of hydrogen-bond donors (Lipinski definition) is 0. The lowest BCUT2D eigenvalue weighted by Crippen LogP contribution is -2.41. The predicted octanol–water partition coefficient (Wildman–Crippen LogP) is 4.39. The maximum absolute atomic E-state index is 14.3. The third kappa shape index (κ3) is 4.04. The van der Waals surface area contributed by atoms with Crippen molar-refractivity contribution >= 4 is 7.12 Å². The van der Waals surface area contributed by atoms with Gasteiger partial charge in [0.15, 0.2) is 0 Å². The van der Waals surface area contributed by atoms with Gasteiger partial charge >= 0.3 is 7.12 Å². The zero-order valence-corrected chi connectivity index (χ0v) is 15.2. The molecule has 0 aliphatic carbocycles. The number of aromatic nitrogens is 1. The third-order valence-electron chi connectivity index (χ3n) is 4.52. The third-order valence-corrected chi connectivity index (χ3v) is 4.52. The van der Waals surface area contributed by atoms with Gasteiger partial charge in [0, 0.05) is 11.5 Å². The molecule has 128 valence electrons. The van der Waals surface area contributed by atoms with Crippen molar-refractivity contribution in [1.29, 1.82) is 0 Å². The van der Waals surface area contributed by atoms with Crippen LogP contribution in [-0.4, -0.2) is 23.5 Å². The lowest BCUT2D eigenvalue weighted by Gasteiger charge is -2.32. The SMILES string of the molecule is CC(C)(C)c1cc(CCC=C(F)B2OC(C)(C)C(C)(C)O2)no1. The van der Waals surface area contributed by atoms with E-state index >= 15 is 0 Å². The Kier molecular flexibility index (Phi) is 4.80. The fourth-order valence-corrected chi connectivity index (χ4v) is 2.19. The first kappa shape index (κ1) is 18.2. The molecular formula is C17H27BFNO3. The Hall–Kier alpha value is -1.14. The van der Waals surface area contributed by atoms with E-state index in [-0.39, 0.29) is 11.1 Å². The molecule has 2 rings (SSSR count). The minimum absolute atomic E-state index is 0.0744. The second-order valence-electron chi connectivity index (χ2n) is 8.15. The molecule has 0 amide bonds. The van der Waals surface area contributed by atoms with Gasteiger partial charge in [-0.2, -0.15) is 0 Å². The summed E-state index contributed by atoms with van der Waals surface area (Å²) in [7, 11) is -0.928. The van der Waals surface area contributed by atoms with Crippen LogP contribution in [0.25, 0.3) is 0 Å². The average Bonchev–Trinajstić information content (AvgIpc) is 2.92. The fourth-order valence-electron chi connectivity index (χ4n) is 2.19. The average molecular weight is 323 g/mol. The highest BCUT2D eigenvalue weighted by molar-refractivity contribution is 6.53. The van der Waals surface area contributed by atoms with Crippen molar-refractivity contribution in [3.8, 4) is 0 Å². The number of rotatable bonds is 4. The summed E-state index contributed by atoms with van der Waals surface area (Å²) in [6.45, 7) is 13.8. The van der Waals surface area contributed by atoms with Gasteiger partial charge in [-0.15, -0.1) is 0 Å². The maximum atomic E-state index is 14.3. The molecule has 0 saturated carbocycles. The standard InChI is InChI=1S/C17H27BFNO3/c1-15(2,3)13-11-12(20-21-13)9-8-10-14(19)18-22-16(4,5)17(6,7)23-18/h10-11H,8-9H2,1-7H3. The second kappa shape index (κ2) is 6.06. The van der Waals surface area contributed by atoms with Gasteiger partial charge in [-0.3, -0.25) is 0 Å². The van der Waals surface area contributed by atoms with E-state index in [4.69, 9.17) is 13.8 Å². The highest BCUT2D eigenvalue weighted by Crippen LogP contribution is 2.38. The quantitative estimate of drug-likeness (QED) is 0.771. The van der Waals surface area contributed by atoms with E-state index < -0.39 is 18.3 Å². The minimum atomic E-state index is -0.928. The van der Waals surface area contributed by atoms with Crippen LogP contribution in [-0.2, 0) is 21.1 Å². The molecule has 0 atom stereocenters. The van der Waals surface area contributed by atoms with Crippen LogP contribution in [0.2, 0.25) is 0 Å². The summed E-state index contributed by atoms with van der Waals surface area (Å²) in [6, 6.07) is 1.93. The molecule has 6 heteroatoms. The van der Waals surface area contributed by atoms with Crippen molar-refractivity contribution in [3.63, 3.8) is 0 Å². The molecule has 1 fully saturated rings. The molecule has 1 aromatic heterocycles.